The fourth-order valence-corrected chi connectivity index (χ4v) is 4.66. The van der Waals surface area contributed by atoms with E-state index in [9.17, 15) is 4.79 Å². The number of carbonyl (C=O) groups is 1. The maximum absolute atomic E-state index is 13.4. The summed E-state index contributed by atoms with van der Waals surface area (Å²) in [6.07, 6.45) is 4.27. The van der Waals surface area contributed by atoms with Gasteiger partial charge in [0.25, 0.3) is 5.91 Å². The van der Waals surface area contributed by atoms with Crippen molar-refractivity contribution in [3.63, 3.8) is 0 Å². The fraction of sp³-hybridized carbons (Fsp3) is 0.381. The van der Waals surface area contributed by atoms with Gasteiger partial charge in [0.2, 0.25) is 5.95 Å². The van der Waals surface area contributed by atoms with E-state index >= 15 is 0 Å². The van der Waals surface area contributed by atoms with Gasteiger partial charge in [0.15, 0.2) is 0 Å². The summed E-state index contributed by atoms with van der Waals surface area (Å²) in [6, 6.07) is 7.51. The highest BCUT2D eigenvalue weighted by Crippen LogP contribution is 2.38. The second-order valence-corrected chi connectivity index (χ2v) is 8.62. The zero-order valence-corrected chi connectivity index (χ0v) is 18.7. The largest absolute Gasteiger partial charge is 0.347 e. The van der Waals surface area contributed by atoms with E-state index in [1.54, 1.807) is 0 Å². The van der Waals surface area contributed by atoms with Crippen molar-refractivity contribution in [2.45, 2.75) is 32.2 Å². The maximum atomic E-state index is 13.4. The SMILES string of the molecule is CCc1nnsc1C(=O)N1CCC[C@H]1c1nc(N(C)C)ncc1-c1cccc(Cl)c1. The fourth-order valence-electron chi connectivity index (χ4n) is 3.76. The van der Waals surface area contributed by atoms with E-state index in [0.29, 0.717) is 28.8 Å². The van der Waals surface area contributed by atoms with E-state index in [4.69, 9.17) is 16.6 Å². The molecule has 1 aliphatic rings. The Labute approximate surface area is 184 Å². The molecular weight excluding hydrogens is 420 g/mol. The van der Waals surface area contributed by atoms with Crippen LogP contribution in [0.2, 0.25) is 5.02 Å². The van der Waals surface area contributed by atoms with Crippen LogP contribution in [0.1, 0.15) is 46.9 Å². The molecule has 30 heavy (non-hydrogen) atoms. The number of halogens is 1. The van der Waals surface area contributed by atoms with E-state index < -0.39 is 0 Å². The summed E-state index contributed by atoms with van der Waals surface area (Å²) in [5.41, 5.74) is 3.43. The second-order valence-electron chi connectivity index (χ2n) is 7.43. The number of benzene rings is 1. The Bertz CT molecular complexity index is 1070. The van der Waals surface area contributed by atoms with Crippen molar-refractivity contribution in [2.24, 2.45) is 0 Å². The average Bonchev–Trinajstić information content (AvgIpc) is 3.42. The normalized spacial score (nSPS) is 16.1. The van der Waals surface area contributed by atoms with Crippen molar-refractivity contribution in [1.82, 2.24) is 24.5 Å². The molecule has 0 unspecified atom stereocenters. The molecule has 1 aromatic carbocycles. The zero-order valence-electron chi connectivity index (χ0n) is 17.2. The Morgan fingerprint density at radius 3 is 2.93 bits per heavy atom. The number of amides is 1. The van der Waals surface area contributed by atoms with Crippen LogP contribution in [0, 0.1) is 0 Å². The number of rotatable bonds is 5. The molecule has 0 bridgehead atoms. The van der Waals surface area contributed by atoms with E-state index in [1.807, 2.05) is 61.3 Å². The lowest BCUT2D eigenvalue weighted by Crippen LogP contribution is -2.31. The lowest BCUT2D eigenvalue weighted by Gasteiger charge is -2.26. The number of hydrogen-bond acceptors (Lipinski definition) is 7. The van der Waals surface area contributed by atoms with E-state index in [1.165, 1.54) is 11.5 Å². The van der Waals surface area contributed by atoms with Gasteiger partial charge in [-0.1, -0.05) is 35.1 Å². The van der Waals surface area contributed by atoms with Gasteiger partial charge in [-0.2, -0.15) is 0 Å². The molecule has 7 nitrogen and oxygen atoms in total. The van der Waals surface area contributed by atoms with Gasteiger partial charge in [-0.25, -0.2) is 9.97 Å². The van der Waals surface area contributed by atoms with Crippen molar-refractivity contribution in [2.75, 3.05) is 25.5 Å². The van der Waals surface area contributed by atoms with Crippen LogP contribution in [0.5, 0.6) is 0 Å². The van der Waals surface area contributed by atoms with Gasteiger partial charge in [-0.3, -0.25) is 4.79 Å². The Balaban J connectivity index is 1.79. The predicted molar refractivity (Wildman–Crippen MR) is 119 cm³/mol. The first-order valence-electron chi connectivity index (χ1n) is 9.92. The van der Waals surface area contributed by atoms with Crippen molar-refractivity contribution in [3.05, 3.63) is 51.7 Å². The van der Waals surface area contributed by atoms with Crippen molar-refractivity contribution >= 4 is 35.0 Å². The molecule has 1 amide bonds. The Morgan fingerprint density at radius 1 is 1.37 bits per heavy atom. The molecule has 1 fully saturated rings. The Kier molecular flexibility index (Phi) is 5.97. The quantitative estimate of drug-likeness (QED) is 0.587. The molecule has 9 heteroatoms. The minimum atomic E-state index is -0.139. The molecule has 1 atom stereocenters. The highest BCUT2D eigenvalue weighted by molar-refractivity contribution is 7.08. The first-order valence-corrected chi connectivity index (χ1v) is 11.1. The summed E-state index contributed by atoms with van der Waals surface area (Å²) >= 11 is 7.41. The number of likely N-dealkylation sites (tertiary alicyclic amines) is 1. The summed E-state index contributed by atoms with van der Waals surface area (Å²) in [5.74, 6) is 0.593. The second kappa shape index (κ2) is 8.65. The minimum absolute atomic E-state index is 0.0218. The van der Waals surface area contributed by atoms with Gasteiger partial charge in [-0.15, -0.1) is 5.10 Å². The standard InChI is InChI=1S/C21H23ClN6OS/c1-4-16-19(30-26-25-16)20(29)28-10-6-9-17(28)18-15(12-23-21(24-18)27(2)3)13-7-5-8-14(22)11-13/h5,7-8,11-12,17H,4,6,9-10H2,1-3H3/t17-/m0/s1. The molecule has 0 saturated carbocycles. The predicted octanol–water partition coefficient (Wildman–Crippen LogP) is 4.25. The molecule has 1 aliphatic heterocycles. The van der Waals surface area contributed by atoms with Crippen molar-refractivity contribution in [1.29, 1.82) is 0 Å². The molecule has 1 saturated heterocycles. The van der Waals surface area contributed by atoms with Gasteiger partial charge < -0.3 is 9.80 Å². The summed E-state index contributed by atoms with van der Waals surface area (Å²) in [5, 5.41) is 4.76. The summed E-state index contributed by atoms with van der Waals surface area (Å²) in [7, 11) is 3.82. The van der Waals surface area contributed by atoms with Crippen LogP contribution in [0.25, 0.3) is 11.1 Å². The number of hydrogen-bond donors (Lipinski definition) is 0. The molecule has 4 rings (SSSR count). The van der Waals surface area contributed by atoms with Crippen LogP contribution in [0.3, 0.4) is 0 Å². The van der Waals surface area contributed by atoms with Gasteiger partial charge in [0.05, 0.1) is 17.4 Å². The Morgan fingerprint density at radius 2 is 2.20 bits per heavy atom. The van der Waals surface area contributed by atoms with Crippen LogP contribution >= 0.6 is 23.1 Å². The molecule has 2 aromatic heterocycles. The molecule has 156 valence electrons. The number of carbonyl (C=O) groups excluding carboxylic acids is 1. The zero-order chi connectivity index (χ0) is 21.3. The minimum Gasteiger partial charge on any atom is -0.347 e. The molecule has 0 spiro atoms. The first-order chi connectivity index (χ1) is 14.5. The smallest absolute Gasteiger partial charge is 0.268 e. The third kappa shape index (κ3) is 3.89. The maximum Gasteiger partial charge on any atom is 0.268 e. The van der Waals surface area contributed by atoms with Crippen LogP contribution in [0.15, 0.2) is 30.5 Å². The molecular formula is C21H23ClN6OS. The summed E-state index contributed by atoms with van der Waals surface area (Å²) in [4.78, 5) is 27.2. The van der Waals surface area contributed by atoms with Crippen LogP contribution < -0.4 is 4.90 Å². The number of anilines is 1. The molecule has 0 N–H and O–H groups in total. The van der Waals surface area contributed by atoms with E-state index in [0.717, 1.165) is 35.4 Å². The molecule has 3 aromatic rings. The topological polar surface area (TPSA) is 75.1 Å². The number of aromatic nitrogens is 4. The lowest BCUT2D eigenvalue weighted by atomic mass is 9.99. The molecule has 0 aliphatic carbocycles. The van der Waals surface area contributed by atoms with Crippen LogP contribution in [-0.2, 0) is 6.42 Å². The first kappa shape index (κ1) is 20.7. The van der Waals surface area contributed by atoms with Gasteiger partial charge in [-0.05, 0) is 48.5 Å². The number of aryl methyl sites for hydroxylation is 1. The van der Waals surface area contributed by atoms with E-state index in [-0.39, 0.29) is 11.9 Å². The lowest BCUT2D eigenvalue weighted by molar-refractivity contribution is 0.0737. The Hall–Kier alpha value is -2.58. The third-order valence-corrected chi connectivity index (χ3v) is 6.25. The third-order valence-electron chi connectivity index (χ3n) is 5.26. The van der Waals surface area contributed by atoms with Crippen LogP contribution in [-0.4, -0.2) is 51.0 Å². The van der Waals surface area contributed by atoms with Gasteiger partial charge >= 0.3 is 0 Å². The highest BCUT2D eigenvalue weighted by atomic mass is 35.5. The van der Waals surface area contributed by atoms with Crippen molar-refractivity contribution in [3.8, 4) is 11.1 Å². The van der Waals surface area contributed by atoms with Crippen LogP contribution in [0.4, 0.5) is 5.95 Å². The van der Waals surface area contributed by atoms with Gasteiger partial charge in [0, 0.05) is 37.4 Å². The van der Waals surface area contributed by atoms with Gasteiger partial charge in [0.1, 0.15) is 4.88 Å². The molecule has 3 heterocycles. The summed E-state index contributed by atoms with van der Waals surface area (Å²) < 4.78 is 3.99. The van der Waals surface area contributed by atoms with Crippen molar-refractivity contribution < 1.29 is 4.79 Å². The summed E-state index contributed by atoms with van der Waals surface area (Å²) in [6.45, 7) is 2.67. The monoisotopic (exact) mass is 442 g/mol. The average molecular weight is 443 g/mol. The number of nitrogens with zero attached hydrogens (tertiary/aromatic N) is 6. The highest BCUT2D eigenvalue weighted by Gasteiger charge is 2.35. The molecule has 0 radical (unpaired) electrons. The van der Waals surface area contributed by atoms with E-state index in [2.05, 4.69) is 14.6 Å².